The number of ether oxygens (including phenoxy) is 1. The Labute approximate surface area is 179 Å². The highest BCUT2D eigenvalue weighted by Crippen LogP contribution is 2.30. The molecule has 3 N–H and O–H groups in total. The van der Waals surface area contributed by atoms with E-state index in [0.29, 0.717) is 12.5 Å². The Morgan fingerprint density at radius 3 is 2.50 bits per heavy atom. The van der Waals surface area contributed by atoms with Crippen molar-refractivity contribution < 1.29 is 9.53 Å². The number of nitrogens with one attached hydrogen (secondary N) is 3. The third kappa shape index (κ3) is 6.24. The zero-order chi connectivity index (χ0) is 21.6. The minimum absolute atomic E-state index is 0.0646. The zero-order valence-electron chi connectivity index (χ0n) is 18.3. The summed E-state index contributed by atoms with van der Waals surface area (Å²) in [5.41, 5.74) is 4.58. The Bertz CT molecular complexity index is 898. The molecule has 0 unspecified atom stereocenters. The highest BCUT2D eigenvalue weighted by Gasteiger charge is 2.14. The van der Waals surface area contributed by atoms with Crippen LogP contribution in [-0.2, 0) is 17.8 Å². The van der Waals surface area contributed by atoms with Crippen molar-refractivity contribution in [3.63, 3.8) is 0 Å². The molecule has 0 radical (unpaired) electrons. The van der Waals surface area contributed by atoms with Crippen LogP contribution in [0.5, 0.6) is 5.75 Å². The van der Waals surface area contributed by atoms with Gasteiger partial charge in [0, 0.05) is 19.1 Å². The SMILES string of the molecule is CN=C(NCC(=O)NC(C)(C)C)NCc1ccc(-c2ccc3c(c2)CCCO3)cc1. The summed E-state index contributed by atoms with van der Waals surface area (Å²) in [6.07, 6.45) is 2.15. The Kier molecular flexibility index (Phi) is 6.98. The van der Waals surface area contributed by atoms with E-state index >= 15 is 0 Å². The lowest BCUT2D eigenvalue weighted by Gasteiger charge is -2.21. The molecule has 0 fully saturated rings. The number of hydrogen-bond donors (Lipinski definition) is 3. The number of benzene rings is 2. The third-order valence-corrected chi connectivity index (χ3v) is 4.81. The standard InChI is InChI=1S/C24H32N4O2/c1-24(2,3)28-22(29)16-27-23(25-4)26-15-17-7-9-18(10-8-17)19-11-12-21-20(14-19)6-5-13-30-21/h7-12,14H,5-6,13,15-16H2,1-4H3,(H,28,29)(H2,25,26,27). The van der Waals surface area contributed by atoms with Crippen LogP contribution < -0.4 is 20.7 Å². The van der Waals surface area contributed by atoms with E-state index < -0.39 is 0 Å². The van der Waals surface area contributed by atoms with Gasteiger partial charge in [0.05, 0.1) is 13.2 Å². The summed E-state index contributed by atoms with van der Waals surface area (Å²) in [6.45, 7) is 7.49. The average Bonchev–Trinajstić information content (AvgIpc) is 2.72. The maximum absolute atomic E-state index is 12.0. The van der Waals surface area contributed by atoms with E-state index in [0.717, 1.165) is 30.8 Å². The van der Waals surface area contributed by atoms with Crippen LogP contribution in [0.2, 0.25) is 0 Å². The summed E-state index contributed by atoms with van der Waals surface area (Å²) < 4.78 is 5.71. The number of aryl methyl sites for hydroxylation is 1. The Balaban J connectivity index is 1.53. The molecule has 0 bridgehead atoms. The van der Waals surface area contributed by atoms with Crippen LogP contribution in [0, 0.1) is 0 Å². The molecule has 1 aliphatic heterocycles. The van der Waals surface area contributed by atoms with Crippen molar-refractivity contribution in [2.24, 2.45) is 4.99 Å². The van der Waals surface area contributed by atoms with Gasteiger partial charge in [-0.1, -0.05) is 30.3 Å². The van der Waals surface area contributed by atoms with E-state index in [-0.39, 0.29) is 18.0 Å². The summed E-state index contributed by atoms with van der Waals surface area (Å²) in [5, 5.41) is 9.21. The molecular formula is C24H32N4O2. The van der Waals surface area contributed by atoms with Crippen LogP contribution in [0.3, 0.4) is 0 Å². The first kappa shape index (κ1) is 21.7. The molecule has 6 heteroatoms. The number of carbonyl (C=O) groups is 1. The van der Waals surface area contributed by atoms with E-state index in [1.54, 1.807) is 7.05 Å². The average molecular weight is 409 g/mol. The maximum atomic E-state index is 12.0. The van der Waals surface area contributed by atoms with Gasteiger partial charge >= 0.3 is 0 Å². The van der Waals surface area contributed by atoms with Gasteiger partial charge in [-0.2, -0.15) is 0 Å². The van der Waals surface area contributed by atoms with Crippen molar-refractivity contribution in [1.82, 2.24) is 16.0 Å². The van der Waals surface area contributed by atoms with Crippen LogP contribution in [-0.4, -0.2) is 37.6 Å². The lowest BCUT2D eigenvalue weighted by atomic mass is 9.98. The van der Waals surface area contributed by atoms with Crippen molar-refractivity contribution >= 4 is 11.9 Å². The number of guanidine groups is 1. The molecule has 30 heavy (non-hydrogen) atoms. The minimum Gasteiger partial charge on any atom is -0.493 e. The number of aliphatic imine (C=N–C) groups is 1. The van der Waals surface area contributed by atoms with E-state index in [1.165, 1.54) is 16.7 Å². The van der Waals surface area contributed by atoms with Crippen molar-refractivity contribution in [2.45, 2.75) is 45.7 Å². The molecule has 0 aromatic heterocycles. The van der Waals surface area contributed by atoms with E-state index in [4.69, 9.17) is 4.74 Å². The Morgan fingerprint density at radius 1 is 1.07 bits per heavy atom. The third-order valence-electron chi connectivity index (χ3n) is 4.81. The van der Waals surface area contributed by atoms with Crippen molar-refractivity contribution in [3.8, 4) is 16.9 Å². The zero-order valence-corrected chi connectivity index (χ0v) is 18.3. The highest BCUT2D eigenvalue weighted by atomic mass is 16.5. The van der Waals surface area contributed by atoms with Gasteiger partial charge in [-0.3, -0.25) is 9.79 Å². The van der Waals surface area contributed by atoms with E-state index in [9.17, 15) is 4.79 Å². The first-order valence-corrected chi connectivity index (χ1v) is 10.4. The van der Waals surface area contributed by atoms with E-state index in [2.05, 4.69) is 63.4 Å². The number of rotatable bonds is 5. The van der Waals surface area contributed by atoms with Crippen LogP contribution >= 0.6 is 0 Å². The van der Waals surface area contributed by atoms with Gasteiger partial charge in [-0.25, -0.2) is 0 Å². The van der Waals surface area contributed by atoms with Gasteiger partial charge in [0.15, 0.2) is 5.96 Å². The molecule has 0 saturated heterocycles. The smallest absolute Gasteiger partial charge is 0.239 e. The molecule has 2 aromatic carbocycles. The second kappa shape index (κ2) is 9.65. The van der Waals surface area contributed by atoms with Gasteiger partial charge in [0.2, 0.25) is 5.91 Å². The number of amides is 1. The molecule has 3 rings (SSSR count). The molecule has 6 nitrogen and oxygen atoms in total. The number of nitrogens with zero attached hydrogens (tertiary/aromatic N) is 1. The molecule has 1 heterocycles. The summed E-state index contributed by atoms with van der Waals surface area (Å²) in [5.74, 6) is 1.55. The first-order valence-electron chi connectivity index (χ1n) is 10.4. The number of carbonyl (C=O) groups excluding carboxylic acids is 1. The van der Waals surface area contributed by atoms with Gasteiger partial charge < -0.3 is 20.7 Å². The maximum Gasteiger partial charge on any atom is 0.239 e. The monoisotopic (exact) mass is 408 g/mol. The lowest BCUT2D eigenvalue weighted by Crippen LogP contribution is -2.48. The lowest BCUT2D eigenvalue weighted by molar-refractivity contribution is -0.121. The summed E-state index contributed by atoms with van der Waals surface area (Å²) in [6, 6.07) is 14.9. The van der Waals surface area contributed by atoms with Crippen LogP contribution in [0.4, 0.5) is 0 Å². The summed E-state index contributed by atoms with van der Waals surface area (Å²) in [4.78, 5) is 16.1. The first-order chi connectivity index (χ1) is 14.3. The summed E-state index contributed by atoms with van der Waals surface area (Å²) in [7, 11) is 1.69. The van der Waals surface area contributed by atoms with Gasteiger partial charge in [0.25, 0.3) is 0 Å². The van der Waals surface area contributed by atoms with Gasteiger partial charge in [-0.15, -0.1) is 0 Å². The van der Waals surface area contributed by atoms with Crippen molar-refractivity contribution in [1.29, 1.82) is 0 Å². The topological polar surface area (TPSA) is 74.8 Å². The summed E-state index contributed by atoms with van der Waals surface area (Å²) >= 11 is 0. The largest absolute Gasteiger partial charge is 0.493 e. The molecule has 0 aliphatic carbocycles. The highest BCUT2D eigenvalue weighted by molar-refractivity contribution is 5.86. The normalized spacial score (nSPS) is 13.8. The molecule has 160 valence electrons. The molecule has 2 aromatic rings. The number of fused-ring (bicyclic) bond motifs is 1. The minimum atomic E-state index is -0.247. The van der Waals surface area contributed by atoms with E-state index in [1.807, 2.05) is 20.8 Å². The number of hydrogen-bond acceptors (Lipinski definition) is 3. The molecular weight excluding hydrogens is 376 g/mol. The fourth-order valence-corrected chi connectivity index (χ4v) is 3.39. The Morgan fingerprint density at radius 2 is 1.80 bits per heavy atom. The predicted octanol–water partition coefficient (Wildman–Crippen LogP) is 3.26. The predicted molar refractivity (Wildman–Crippen MR) is 122 cm³/mol. The van der Waals surface area contributed by atoms with Crippen molar-refractivity contribution in [2.75, 3.05) is 20.2 Å². The second-order valence-corrected chi connectivity index (χ2v) is 8.55. The fourth-order valence-electron chi connectivity index (χ4n) is 3.39. The van der Waals surface area contributed by atoms with Crippen LogP contribution in [0.1, 0.15) is 38.3 Å². The molecule has 1 amide bonds. The Hall–Kier alpha value is -3.02. The fraction of sp³-hybridized carbons (Fsp3) is 0.417. The van der Waals surface area contributed by atoms with Gasteiger partial charge in [-0.05, 0) is 68.0 Å². The second-order valence-electron chi connectivity index (χ2n) is 8.55. The van der Waals surface area contributed by atoms with Crippen LogP contribution in [0.25, 0.3) is 11.1 Å². The quantitative estimate of drug-likeness (QED) is 0.524. The molecule has 0 atom stereocenters. The molecule has 1 aliphatic rings. The van der Waals surface area contributed by atoms with Crippen LogP contribution in [0.15, 0.2) is 47.5 Å². The molecule has 0 spiro atoms. The van der Waals surface area contributed by atoms with Gasteiger partial charge in [0.1, 0.15) is 5.75 Å². The molecule has 0 saturated carbocycles. The van der Waals surface area contributed by atoms with Crippen molar-refractivity contribution in [3.05, 3.63) is 53.6 Å².